The lowest BCUT2D eigenvalue weighted by Crippen LogP contribution is -2.27. The Bertz CT molecular complexity index is 769. The molecule has 1 N–H and O–H groups in total. The van der Waals surface area contributed by atoms with Gasteiger partial charge in [-0.15, -0.1) is 0 Å². The highest BCUT2D eigenvalue weighted by atomic mass is 19.1. The van der Waals surface area contributed by atoms with Crippen molar-refractivity contribution in [3.8, 4) is 5.75 Å². The van der Waals surface area contributed by atoms with E-state index in [2.05, 4.69) is 22.0 Å². The predicted molar refractivity (Wildman–Crippen MR) is 97.6 cm³/mol. The summed E-state index contributed by atoms with van der Waals surface area (Å²) in [4.78, 5) is 7.11. The minimum Gasteiger partial charge on any atom is -0.497 e. The minimum atomic E-state index is -0.195. The molecule has 1 aromatic carbocycles. The molecule has 1 spiro atoms. The Balaban J connectivity index is 1.55. The normalized spacial score (nSPS) is 22.3. The second-order valence-electron chi connectivity index (χ2n) is 7.74. The number of ether oxygens (including phenoxy) is 1. The molecular weight excluding hydrogens is 331 g/mol. The topological polar surface area (TPSA) is 54.0 Å². The van der Waals surface area contributed by atoms with E-state index in [1.54, 1.807) is 7.11 Å². The highest BCUT2D eigenvalue weighted by molar-refractivity contribution is 5.29. The van der Waals surface area contributed by atoms with E-state index in [4.69, 9.17) is 9.72 Å². The molecular formula is C20H27FN4O. The summed E-state index contributed by atoms with van der Waals surface area (Å²) in [5.74, 6) is 2.60. The summed E-state index contributed by atoms with van der Waals surface area (Å²) in [5, 5.41) is 7.59. The number of aromatic nitrogens is 3. The molecule has 4 rings (SSSR count). The molecule has 2 aromatic rings. The van der Waals surface area contributed by atoms with E-state index in [0.717, 1.165) is 36.7 Å². The van der Waals surface area contributed by atoms with Gasteiger partial charge in [-0.2, -0.15) is 5.10 Å². The van der Waals surface area contributed by atoms with Crippen LogP contribution >= 0.6 is 0 Å². The number of nitrogens with zero attached hydrogens (tertiary/aromatic N) is 3. The number of rotatable bonds is 5. The third-order valence-electron chi connectivity index (χ3n) is 6.17. The van der Waals surface area contributed by atoms with Gasteiger partial charge in [-0.05, 0) is 24.3 Å². The van der Waals surface area contributed by atoms with Crippen LogP contribution in [0.3, 0.4) is 0 Å². The van der Waals surface area contributed by atoms with Crippen molar-refractivity contribution in [3.05, 3.63) is 41.2 Å². The summed E-state index contributed by atoms with van der Waals surface area (Å²) in [6.07, 6.45) is 5.84. The number of likely N-dealkylation sites (tertiary alicyclic amines) is 1. The van der Waals surface area contributed by atoms with Crippen molar-refractivity contribution in [2.75, 3.05) is 20.2 Å². The van der Waals surface area contributed by atoms with Gasteiger partial charge in [-0.1, -0.05) is 25.8 Å². The molecule has 1 saturated carbocycles. The van der Waals surface area contributed by atoms with Crippen LogP contribution in [-0.2, 0) is 13.0 Å². The van der Waals surface area contributed by atoms with E-state index >= 15 is 0 Å². The third-order valence-corrected chi connectivity index (χ3v) is 6.17. The molecule has 1 aliphatic carbocycles. The van der Waals surface area contributed by atoms with Gasteiger partial charge >= 0.3 is 0 Å². The van der Waals surface area contributed by atoms with Gasteiger partial charge in [0.05, 0.1) is 7.11 Å². The Morgan fingerprint density at radius 2 is 2.15 bits per heavy atom. The maximum atomic E-state index is 14.4. The standard InChI is InChI=1S/C20H27FN4O/c1-3-18-22-19(24-23-18)16-12-25(13-20(16)8-4-5-9-20)11-14-6-7-15(26-2)10-17(14)21/h6-7,10,16H,3-5,8-9,11-13H2,1-2H3,(H,22,23,24). The van der Waals surface area contributed by atoms with E-state index in [0.29, 0.717) is 18.2 Å². The van der Waals surface area contributed by atoms with Crippen molar-refractivity contribution < 1.29 is 9.13 Å². The molecule has 2 heterocycles. The first-order valence-corrected chi connectivity index (χ1v) is 9.59. The van der Waals surface area contributed by atoms with E-state index in [1.165, 1.54) is 31.7 Å². The number of methoxy groups -OCH3 is 1. The molecule has 2 fully saturated rings. The van der Waals surface area contributed by atoms with Gasteiger partial charge < -0.3 is 4.74 Å². The maximum absolute atomic E-state index is 14.4. The second kappa shape index (κ2) is 6.99. The molecule has 2 aliphatic rings. The Kier molecular flexibility index (Phi) is 4.69. The third kappa shape index (κ3) is 3.11. The fourth-order valence-corrected chi connectivity index (χ4v) is 4.78. The summed E-state index contributed by atoms with van der Waals surface area (Å²) < 4.78 is 19.5. The molecule has 0 amide bonds. The van der Waals surface area contributed by atoms with Crippen molar-refractivity contribution in [2.45, 2.75) is 51.5 Å². The van der Waals surface area contributed by atoms with Gasteiger partial charge in [-0.3, -0.25) is 10.00 Å². The number of hydrogen-bond acceptors (Lipinski definition) is 4. The minimum absolute atomic E-state index is 0.195. The molecule has 5 nitrogen and oxygen atoms in total. The van der Waals surface area contributed by atoms with Crippen LogP contribution in [0, 0.1) is 11.2 Å². The van der Waals surface area contributed by atoms with E-state index in [9.17, 15) is 4.39 Å². The average Bonchev–Trinajstić information content (AvgIpc) is 3.37. The van der Waals surface area contributed by atoms with Gasteiger partial charge in [0.2, 0.25) is 0 Å². The number of aryl methyl sites for hydroxylation is 1. The first kappa shape index (κ1) is 17.5. The van der Waals surface area contributed by atoms with E-state index < -0.39 is 0 Å². The SMILES string of the molecule is CCc1nc(C2CN(Cc3ccc(OC)cc3F)CC23CCCC3)n[nH]1. The van der Waals surface area contributed by atoms with Gasteiger partial charge in [0.25, 0.3) is 0 Å². The summed E-state index contributed by atoms with van der Waals surface area (Å²) >= 11 is 0. The molecule has 26 heavy (non-hydrogen) atoms. The van der Waals surface area contributed by atoms with Crippen molar-refractivity contribution >= 4 is 0 Å². The van der Waals surface area contributed by atoms with Gasteiger partial charge in [0, 0.05) is 43.6 Å². The maximum Gasteiger partial charge on any atom is 0.155 e. The van der Waals surface area contributed by atoms with Crippen molar-refractivity contribution in [1.29, 1.82) is 0 Å². The zero-order chi connectivity index (χ0) is 18.1. The Hall–Kier alpha value is -1.95. The van der Waals surface area contributed by atoms with Crippen molar-refractivity contribution in [3.63, 3.8) is 0 Å². The lowest BCUT2D eigenvalue weighted by atomic mass is 9.76. The molecule has 1 unspecified atom stereocenters. The highest BCUT2D eigenvalue weighted by Gasteiger charge is 2.50. The molecule has 0 bridgehead atoms. The quantitative estimate of drug-likeness (QED) is 0.886. The van der Waals surface area contributed by atoms with E-state index in [1.807, 2.05) is 12.1 Å². The number of benzene rings is 1. The number of aromatic amines is 1. The fourth-order valence-electron chi connectivity index (χ4n) is 4.78. The Morgan fingerprint density at radius 1 is 1.35 bits per heavy atom. The van der Waals surface area contributed by atoms with Crippen molar-refractivity contribution in [2.24, 2.45) is 5.41 Å². The molecule has 1 aliphatic heterocycles. The largest absolute Gasteiger partial charge is 0.497 e. The van der Waals surface area contributed by atoms with Crippen molar-refractivity contribution in [1.82, 2.24) is 20.1 Å². The average molecular weight is 358 g/mol. The van der Waals surface area contributed by atoms with Crippen LogP contribution in [0.2, 0.25) is 0 Å². The van der Waals surface area contributed by atoms with Crippen LogP contribution in [0.25, 0.3) is 0 Å². The van der Waals surface area contributed by atoms with Gasteiger partial charge in [-0.25, -0.2) is 9.37 Å². The fraction of sp³-hybridized carbons (Fsp3) is 0.600. The Labute approximate surface area is 154 Å². The number of hydrogen-bond donors (Lipinski definition) is 1. The molecule has 6 heteroatoms. The van der Waals surface area contributed by atoms with Crippen LogP contribution in [0.4, 0.5) is 4.39 Å². The van der Waals surface area contributed by atoms with Crippen LogP contribution in [0.1, 0.15) is 55.7 Å². The molecule has 140 valence electrons. The lowest BCUT2D eigenvalue weighted by molar-refractivity contribution is 0.243. The zero-order valence-electron chi connectivity index (χ0n) is 15.6. The van der Waals surface area contributed by atoms with Gasteiger partial charge in [0.1, 0.15) is 17.4 Å². The molecule has 1 saturated heterocycles. The van der Waals surface area contributed by atoms with Crippen LogP contribution < -0.4 is 4.74 Å². The zero-order valence-corrected chi connectivity index (χ0v) is 15.6. The van der Waals surface area contributed by atoms with Crippen LogP contribution in [0.5, 0.6) is 5.75 Å². The van der Waals surface area contributed by atoms with Crippen LogP contribution in [-0.4, -0.2) is 40.3 Å². The summed E-state index contributed by atoms with van der Waals surface area (Å²) in [6, 6.07) is 5.14. The first-order chi connectivity index (χ1) is 12.6. The predicted octanol–water partition coefficient (Wildman–Crippen LogP) is 3.67. The molecule has 1 aromatic heterocycles. The summed E-state index contributed by atoms with van der Waals surface area (Å²) in [6.45, 7) is 4.60. The first-order valence-electron chi connectivity index (χ1n) is 9.59. The summed E-state index contributed by atoms with van der Waals surface area (Å²) in [5.41, 5.74) is 0.972. The number of H-pyrrole nitrogens is 1. The van der Waals surface area contributed by atoms with Gasteiger partial charge in [0.15, 0.2) is 5.82 Å². The second-order valence-corrected chi connectivity index (χ2v) is 7.74. The monoisotopic (exact) mass is 358 g/mol. The van der Waals surface area contributed by atoms with Crippen LogP contribution in [0.15, 0.2) is 18.2 Å². The lowest BCUT2D eigenvalue weighted by Gasteiger charge is -2.28. The Morgan fingerprint density at radius 3 is 2.81 bits per heavy atom. The number of halogens is 1. The van der Waals surface area contributed by atoms with E-state index in [-0.39, 0.29) is 11.2 Å². The molecule has 1 atom stereocenters. The highest BCUT2D eigenvalue weighted by Crippen LogP contribution is 2.52. The molecule has 0 radical (unpaired) electrons. The summed E-state index contributed by atoms with van der Waals surface area (Å²) in [7, 11) is 1.56. The smallest absolute Gasteiger partial charge is 0.155 e. The number of nitrogens with one attached hydrogen (secondary N) is 1.